The number of hydrogen-bond acceptors (Lipinski definition) is 8. The zero-order valence-corrected chi connectivity index (χ0v) is 13.9. The van der Waals surface area contributed by atoms with Crippen LogP contribution in [0.4, 0.5) is 0 Å². The van der Waals surface area contributed by atoms with Crippen LogP contribution in [0.15, 0.2) is 54.8 Å². The first-order valence-electron chi connectivity index (χ1n) is 8.08. The molecule has 8 nitrogen and oxygen atoms in total. The lowest BCUT2D eigenvalue weighted by Crippen LogP contribution is -2.04. The van der Waals surface area contributed by atoms with Gasteiger partial charge in [0.1, 0.15) is 34.2 Å². The van der Waals surface area contributed by atoms with Crippen molar-refractivity contribution in [2.45, 2.75) is 0 Å². The van der Waals surface area contributed by atoms with Gasteiger partial charge in [-0.1, -0.05) is 0 Å². The first-order chi connectivity index (χ1) is 13.3. The van der Waals surface area contributed by atoms with Gasteiger partial charge in [-0.15, -0.1) is 0 Å². The smallest absolute Gasteiger partial charge is 0.344 e. The third-order valence-electron chi connectivity index (χ3n) is 4.67. The van der Waals surface area contributed by atoms with Gasteiger partial charge in [-0.2, -0.15) is 0 Å². The fourth-order valence-corrected chi connectivity index (χ4v) is 3.54. The Kier molecular flexibility index (Phi) is 2.95. The predicted molar refractivity (Wildman–Crippen MR) is 100 cm³/mol. The Morgan fingerprint density at radius 3 is 1.32 bits per heavy atom. The Morgan fingerprint density at radius 2 is 0.929 bits per heavy atom. The molecule has 0 unspecified atom stereocenters. The normalized spacial score (nSPS) is 11.7. The largest absolute Gasteiger partial charge is 0.508 e. The molecule has 0 aliphatic rings. The van der Waals surface area contributed by atoms with Gasteiger partial charge >= 0.3 is 11.3 Å². The zero-order chi connectivity index (χ0) is 19.7. The molecule has 5 rings (SSSR count). The summed E-state index contributed by atoms with van der Waals surface area (Å²) in [7, 11) is 0. The lowest BCUT2D eigenvalue weighted by atomic mass is 10.00. The third-order valence-corrected chi connectivity index (χ3v) is 4.67. The fraction of sp³-hybridized carbons (Fsp3) is 0. The Balaban J connectivity index is 2.10. The van der Waals surface area contributed by atoms with E-state index < -0.39 is 11.3 Å². The van der Waals surface area contributed by atoms with Crippen LogP contribution in [0.1, 0.15) is 0 Å². The molecular weight excluding hydrogens is 368 g/mol. The minimum absolute atomic E-state index is 0.0488. The van der Waals surface area contributed by atoms with Gasteiger partial charge in [0, 0.05) is 35.0 Å². The molecule has 0 aliphatic carbocycles. The second-order valence-electron chi connectivity index (χ2n) is 6.40. The van der Waals surface area contributed by atoms with Gasteiger partial charge in [-0.25, -0.2) is 9.59 Å². The Morgan fingerprint density at radius 1 is 0.536 bits per heavy atom. The quantitative estimate of drug-likeness (QED) is 0.183. The highest BCUT2D eigenvalue weighted by Gasteiger charge is 2.18. The average Bonchev–Trinajstić information content (AvgIpc) is 2.59. The first-order valence-corrected chi connectivity index (χ1v) is 8.08. The molecule has 0 saturated heterocycles. The predicted octanol–water partition coefficient (Wildman–Crippen LogP) is 3.03. The molecule has 0 atom stereocenters. The van der Waals surface area contributed by atoms with Crippen LogP contribution in [-0.2, 0) is 0 Å². The molecule has 2 heterocycles. The number of fused-ring (bicyclic) bond motifs is 6. The van der Waals surface area contributed by atoms with Crippen molar-refractivity contribution in [1.82, 2.24) is 0 Å². The van der Waals surface area contributed by atoms with Crippen molar-refractivity contribution in [2.24, 2.45) is 0 Å². The van der Waals surface area contributed by atoms with Crippen molar-refractivity contribution in [2.75, 3.05) is 0 Å². The van der Waals surface area contributed by atoms with Gasteiger partial charge in [-0.05, 0) is 12.1 Å². The van der Waals surface area contributed by atoms with Crippen LogP contribution in [0.2, 0.25) is 0 Å². The van der Waals surface area contributed by atoms with Crippen LogP contribution in [0.25, 0.3) is 43.5 Å². The Labute approximate surface area is 153 Å². The molecule has 138 valence electrons. The highest BCUT2D eigenvalue weighted by atomic mass is 16.4. The minimum atomic E-state index is -0.756. The van der Waals surface area contributed by atoms with Crippen LogP contribution >= 0.6 is 0 Å². The highest BCUT2D eigenvalue weighted by Crippen LogP contribution is 2.38. The second-order valence-corrected chi connectivity index (χ2v) is 6.40. The van der Waals surface area contributed by atoms with Crippen molar-refractivity contribution < 1.29 is 29.3 Å². The number of rotatable bonds is 0. The highest BCUT2D eigenvalue weighted by molar-refractivity contribution is 6.17. The van der Waals surface area contributed by atoms with Gasteiger partial charge in [0.05, 0.1) is 21.5 Å². The van der Waals surface area contributed by atoms with E-state index in [1.54, 1.807) is 0 Å². The minimum Gasteiger partial charge on any atom is -0.508 e. The summed E-state index contributed by atoms with van der Waals surface area (Å²) in [4.78, 5) is 25.0. The van der Waals surface area contributed by atoms with Crippen LogP contribution in [0.3, 0.4) is 0 Å². The summed E-state index contributed by atoms with van der Waals surface area (Å²) >= 11 is 0. The molecule has 0 amide bonds. The van der Waals surface area contributed by atoms with Gasteiger partial charge in [0.15, 0.2) is 0 Å². The van der Waals surface area contributed by atoms with Gasteiger partial charge in [0.2, 0.25) is 0 Å². The van der Waals surface area contributed by atoms with Crippen molar-refractivity contribution in [3.63, 3.8) is 0 Å². The number of phenolic OH excluding ortho intramolecular Hbond substituents is 4. The Bertz CT molecular complexity index is 1470. The molecule has 3 aromatic carbocycles. The Hall–Kier alpha value is -4.20. The van der Waals surface area contributed by atoms with Gasteiger partial charge in [-0.3, -0.25) is 0 Å². The molecule has 0 saturated carbocycles. The zero-order valence-electron chi connectivity index (χ0n) is 13.9. The topological polar surface area (TPSA) is 141 Å². The molecular formula is C20H10O8. The van der Waals surface area contributed by atoms with Crippen LogP contribution < -0.4 is 11.3 Å². The molecule has 0 fully saturated rings. The maximum Gasteiger partial charge on any atom is 0.344 e. The molecule has 0 radical (unpaired) electrons. The molecule has 5 aromatic rings. The summed E-state index contributed by atoms with van der Waals surface area (Å²) in [5.41, 5.74) is -1.61. The van der Waals surface area contributed by atoms with Crippen molar-refractivity contribution >= 4 is 43.5 Å². The van der Waals surface area contributed by atoms with E-state index in [9.17, 15) is 30.0 Å². The lowest BCUT2D eigenvalue weighted by molar-refractivity contribution is 0.450. The standard InChI is InChI=1S/C20H10O8/c21-7-1-13(23)17-9-5-12-10(6-11(9)19(25)27-15(17)3-7)18-14(24)2-8(22)4-16(18)28-20(12)26/h1-6,21-24H. The van der Waals surface area contributed by atoms with Gasteiger partial charge < -0.3 is 29.3 Å². The lowest BCUT2D eigenvalue weighted by Gasteiger charge is -2.09. The van der Waals surface area contributed by atoms with E-state index in [1.807, 2.05) is 0 Å². The summed E-state index contributed by atoms with van der Waals surface area (Å²) in [5.74, 6) is -1.24. The maximum absolute atomic E-state index is 12.5. The SMILES string of the molecule is O=c1oc2cc(O)cc(O)c2c2cc3c(=O)oc4cc(O)cc(O)c4c3cc12. The van der Waals surface area contributed by atoms with Crippen LogP contribution in [-0.4, -0.2) is 20.4 Å². The molecule has 2 aromatic heterocycles. The molecule has 0 bridgehead atoms. The van der Waals surface area contributed by atoms with E-state index in [-0.39, 0.29) is 66.5 Å². The summed E-state index contributed by atoms with van der Waals surface area (Å²) < 4.78 is 10.4. The first kappa shape index (κ1) is 16.0. The number of aromatic hydroxyl groups is 4. The molecule has 28 heavy (non-hydrogen) atoms. The molecule has 4 N–H and O–H groups in total. The van der Waals surface area contributed by atoms with E-state index >= 15 is 0 Å². The second kappa shape index (κ2) is 5.17. The monoisotopic (exact) mass is 378 g/mol. The summed E-state index contributed by atoms with van der Waals surface area (Å²) in [5, 5.41) is 40.6. The number of phenols is 4. The average molecular weight is 378 g/mol. The van der Waals surface area contributed by atoms with E-state index in [0.717, 1.165) is 12.1 Å². The number of benzene rings is 3. The molecule has 8 heteroatoms. The summed E-state index contributed by atoms with van der Waals surface area (Å²) in [6, 6.07) is 7.25. The maximum atomic E-state index is 12.5. The van der Waals surface area contributed by atoms with Gasteiger partial charge in [0.25, 0.3) is 0 Å². The van der Waals surface area contributed by atoms with Crippen LogP contribution in [0, 0.1) is 0 Å². The molecule has 0 aliphatic heterocycles. The van der Waals surface area contributed by atoms with Crippen molar-refractivity contribution in [3.05, 3.63) is 57.2 Å². The third kappa shape index (κ3) is 2.05. The summed E-state index contributed by atoms with van der Waals surface area (Å²) in [6.45, 7) is 0. The van der Waals surface area contributed by atoms with E-state index in [1.165, 1.54) is 24.3 Å². The van der Waals surface area contributed by atoms with E-state index in [4.69, 9.17) is 8.83 Å². The van der Waals surface area contributed by atoms with Crippen molar-refractivity contribution in [1.29, 1.82) is 0 Å². The summed E-state index contributed by atoms with van der Waals surface area (Å²) in [6.07, 6.45) is 0. The van der Waals surface area contributed by atoms with Crippen molar-refractivity contribution in [3.8, 4) is 23.0 Å². The van der Waals surface area contributed by atoms with E-state index in [0.29, 0.717) is 0 Å². The fourth-order valence-electron chi connectivity index (χ4n) is 3.54. The van der Waals surface area contributed by atoms with Crippen LogP contribution in [0.5, 0.6) is 23.0 Å². The number of hydrogen-bond donors (Lipinski definition) is 4. The molecule has 0 spiro atoms. The van der Waals surface area contributed by atoms with E-state index in [2.05, 4.69) is 0 Å².